The molecule has 1 saturated carbocycles. The van der Waals surface area contributed by atoms with E-state index in [1.54, 1.807) is 0 Å². The molecule has 1 aromatic carbocycles. The lowest BCUT2D eigenvalue weighted by Gasteiger charge is -2.25. The molecule has 1 aromatic rings. The highest BCUT2D eigenvalue weighted by molar-refractivity contribution is 5.82. The fourth-order valence-electron chi connectivity index (χ4n) is 2.21. The molecule has 0 spiro atoms. The second-order valence-electron chi connectivity index (χ2n) is 6.03. The van der Waals surface area contributed by atoms with Crippen molar-refractivity contribution in [3.63, 3.8) is 0 Å². The predicted molar refractivity (Wildman–Crippen MR) is 74.1 cm³/mol. The Hall–Kier alpha value is -1.71. The topological polar surface area (TPSA) is 44.8 Å². The largest absolute Gasteiger partial charge is 0.486 e. The number of carbonyl (C=O) groups excluding carboxylic acids is 1. The van der Waals surface area contributed by atoms with E-state index in [0.29, 0.717) is 31.5 Å². The fourth-order valence-corrected chi connectivity index (χ4v) is 2.21. The van der Waals surface area contributed by atoms with Gasteiger partial charge in [0.1, 0.15) is 13.2 Å². The smallest absolute Gasteiger partial charge is 0.315 e. The van der Waals surface area contributed by atoms with Gasteiger partial charge in [0.25, 0.3) is 0 Å². The number of hydrogen-bond acceptors (Lipinski definition) is 4. The molecule has 0 atom stereocenters. The van der Waals surface area contributed by atoms with Gasteiger partial charge in [-0.1, -0.05) is 6.07 Å². The van der Waals surface area contributed by atoms with Gasteiger partial charge in [-0.3, -0.25) is 4.79 Å². The van der Waals surface area contributed by atoms with Gasteiger partial charge in [0.2, 0.25) is 0 Å². The Balaban J connectivity index is 1.76. The highest BCUT2D eigenvalue weighted by Crippen LogP contribution is 2.36. The Labute approximate surface area is 119 Å². The highest BCUT2D eigenvalue weighted by atomic mass is 16.6. The molecule has 1 heterocycles. The molecular formula is C16H20O4. The standard InChI is InChI=1S/C16H20O4/c1-16(2,15(17)20-10-11-3-4-11)12-5-6-13-14(9-12)19-8-7-18-13/h5-6,9,11H,3-4,7-8,10H2,1-2H3. The minimum atomic E-state index is -0.676. The van der Waals surface area contributed by atoms with E-state index in [0.717, 1.165) is 11.3 Å². The second kappa shape index (κ2) is 5.00. The summed E-state index contributed by atoms with van der Waals surface area (Å²) in [7, 11) is 0. The van der Waals surface area contributed by atoms with Crippen molar-refractivity contribution in [1.29, 1.82) is 0 Å². The molecule has 0 radical (unpaired) electrons. The average molecular weight is 276 g/mol. The van der Waals surface area contributed by atoms with E-state index in [1.807, 2.05) is 32.0 Å². The molecule has 1 aliphatic carbocycles. The average Bonchev–Trinajstić information content (AvgIpc) is 3.28. The summed E-state index contributed by atoms with van der Waals surface area (Å²) in [5.74, 6) is 1.84. The van der Waals surface area contributed by atoms with Gasteiger partial charge in [-0.15, -0.1) is 0 Å². The van der Waals surface area contributed by atoms with Gasteiger partial charge in [-0.25, -0.2) is 0 Å². The SMILES string of the molecule is CC(C)(C(=O)OCC1CC1)c1ccc2c(c1)OCCO2. The normalized spacial score (nSPS) is 17.7. The van der Waals surface area contributed by atoms with Crippen molar-refractivity contribution >= 4 is 5.97 Å². The zero-order valence-electron chi connectivity index (χ0n) is 12.0. The Bertz CT molecular complexity index is 517. The molecule has 0 unspecified atom stereocenters. The van der Waals surface area contributed by atoms with E-state index in [1.165, 1.54) is 12.8 Å². The number of esters is 1. The Morgan fingerprint density at radius 3 is 2.65 bits per heavy atom. The maximum atomic E-state index is 12.3. The van der Waals surface area contributed by atoms with Gasteiger partial charge in [0.15, 0.2) is 11.5 Å². The maximum Gasteiger partial charge on any atom is 0.315 e. The lowest BCUT2D eigenvalue weighted by molar-refractivity contribution is -0.149. The van der Waals surface area contributed by atoms with Crippen LogP contribution in [0.1, 0.15) is 32.3 Å². The number of benzene rings is 1. The minimum Gasteiger partial charge on any atom is -0.486 e. The van der Waals surface area contributed by atoms with Crippen LogP contribution in [0.2, 0.25) is 0 Å². The summed E-state index contributed by atoms with van der Waals surface area (Å²) < 4.78 is 16.5. The molecule has 4 heteroatoms. The first kappa shape index (κ1) is 13.3. The maximum absolute atomic E-state index is 12.3. The van der Waals surface area contributed by atoms with Crippen molar-refractivity contribution in [3.8, 4) is 11.5 Å². The molecule has 0 bridgehead atoms. The van der Waals surface area contributed by atoms with Crippen LogP contribution in [0.5, 0.6) is 11.5 Å². The summed E-state index contributed by atoms with van der Waals surface area (Å²) in [5, 5.41) is 0. The van der Waals surface area contributed by atoms with Gasteiger partial charge in [0.05, 0.1) is 12.0 Å². The zero-order valence-corrected chi connectivity index (χ0v) is 12.0. The third kappa shape index (κ3) is 2.60. The van der Waals surface area contributed by atoms with Crippen LogP contribution < -0.4 is 9.47 Å². The van der Waals surface area contributed by atoms with Crippen LogP contribution in [-0.2, 0) is 14.9 Å². The van der Waals surface area contributed by atoms with Crippen LogP contribution in [0, 0.1) is 5.92 Å². The molecular weight excluding hydrogens is 256 g/mol. The Morgan fingerprint density at radius 1 is 1.25 bits per heavy atom. The third-order valence-corrected chi connectivity index (χ3v) is 3.92. The molecule has 2 aliphatic rings. The monoisotopic (exact) mass is 276 g/mol. The summed E-state index contributed by atoms with van der Waals surface area (Å²) in [5.41, 5.74) is 0.215. The van der Waals surface area contributed by atoms with E-state index >= 15 is 0 Å². The van der Waals surface area contributed by atoms with Crippen molar-refractivity contribution in [1.82, 2.24) is 0 Å². The van der Waals surface area contributed by atoms with E-state index in [-0.39, 0.29) is 5.97 Å². The summed E-state index contributed by atoms with van der Waals surface area (Å²) in [6.45, 7) is 5.43. The molecule has 3 rings (SSSR count). The van der Waals surface area contributed by atoms with Crippen molar-refractivity contribution in [2.75, 3.05) is 19.8 Å². The van der Waals surface area contributed by atoms with Gasteiger partial charge in [0, 0.05) is 0 Å². The van der Waals surface area contributed by atoms with Crippen LogP contribution in [0.15, 0.2) is 18.2 Å². The lowest BCUT2D eigenvalue weighted by Crippen LogP contribution is -2.31. The number of ether oxygens (including phenoxy) is 3. The molecule has 0 amide bonds. The zero-order chi connectivity index (χ0) is 14.2. The van der Waals surface area contributed by atoms with Crippen molar-refractivity contribution in [3.05, 3.63) is 23.8 Å². The first-order valence-electron chi connectivity index (χ1n) is 7.15. The minimum absolute atomic E-state index is 0.180. The summed E-state index contributed by atoms with van der Waals surface area (Å²) in [4.78, 5) is 12.3. The van der Waals surface area contributed by atoms with E-state index in [4.69, 9.17) is 14.2 Å². The molecule has 0 aromatic heterocycles. The molecule has 4 nitrogen and oxygen atoms in total. The van der Waals surface area contributed by atoms with E-state index in [9.17, 15) is 4.79 Å². The number of rotatable bonds is 4. The number of hydrogen-bond donors (Lipinski definition) is 0. The van der Waals surface area contributed by atoms with Gasteiger partial charge < -0.3 is 14.2 Å². The summed E-state index contributed by atoms with van der Waals surface area (Å²) in [6, 6.07) is 5.65. The second-order valence-corrected chi connectivity index (χ2v) is 6.03. The van der Waals surface area contributed by atoms with Gasteiger partial charge in [-0.05, 0) is 50.3 Å². The summed E-state index contributed by atoms with van der Waals surface area (Å²) in [6.07, 6.45) is 2.36. The van der Waals surface area contributed by atoms with Gasteiger partial charge in [-0.2, -0.15) is 0 Å². The van der Waals surface area contributed by atoms with Crippen molar-refractivity contribution < 1.29 is 19.0 Å². The Morgan fingerprint density at radius 2 is 1.95 bits per heavy atom. The van der Waals surface area contributed by atoms with Crippen LogP contribution in [0.4, 0.5) is 0 Å². The first-order chi connectivity index (χ1) is 9.57. The Kier molecular flexibility index (Phi) is 3.32. The highest BCUT2D eigenvalue weighted by Gasteiger charge is 2.34. The predicted octanol–water partition coefficient (Wildman–Crippen LogP) is 2.69. The van der Waals surface area contributed by atoms with Crippen molar-refractivity contribution in [2.45, 2.75) is 32.1 Å². The number of fused-ring (bicyclic) bond motifs is 1. The molecule has 1 aliphatic heterocycles. The molecule has 108 valence electrons. The number of carbonyl (C=O) groups is 1. The van der Waals surface area contributed by atoms with Crippen LogP contribution in [0.3, 0.4) is 0 Å². The van der Waals surface area contributed by atoms with Gasteiger partial charge >= 0.3 is 5.97 Å². The van der Waals surface area contributed by atoms with Crippen LogP contribution >= 0.6 is 0 Å². The molecule has 0 saturated heterocycles. The first-order valence-corrected chi connectivity index (χ1v) is 7.15. The molecule has 0 N–H and O–H groups in total. The van der Waals surface area contributed by atoms with E-state index in [2.05, 4.69) is 0 Å². The lowest BCUT2D eigenvalue weighted by atomic mass is 9.84. The fraction of sp³-hybridized carbons (Fsp3) is 0.562. The van der Waals surface area contributed by atoms with Crippen LogP contribution in [-0.4, -0.2) is 25.8 Å². The quantitative estimate of drug-likeness (QED) is 0.793. The molecule has 20 heavy (non-hydrogen) atoms. The summed E-state index contributed by atoms with van der Waals surface area (Å²) >= 11 is 0. The van der Waals surface area contributed by atoms with E-state index < -0.39 is 5.41 Å². The third-order valence-electron chi connectivity index (χ3n) is 3.92. The van der Waals surface area contributed by atoms with Crippen LogP contribution in [0.25, 0.3) is 0 Å². The van der Waals surface area contributed by atoms with Crippen molar-refractivity contribution in [2.24, 2.45) is 5.92 Å². The molecule has 1 fully saturated rings.